The highest BCUT2D eigenvalue weighted by molar-refractivity contribution is 7.99. The quantitative estimate of drug-likeness (QED) is 0.609. The molecule has 2 rings (SSSR count). The highest BCUT2D eigenvalue weighted by Crippen LogP contribution is 2.23. The van der Waals surface area contributed by atoms with Crippen molar-refractivity contribution in [3.63, 3.8) is 0 Å². The van der Waals surface area contributed by atoms with Crippen LogP contribution < -0.4 is 0 Å². The largest absolute Gasteiger partial charge is 0.246 e. The molecule has 1 unspecified atom stereocenters. The Bertz CT molecular complexity index is 443. The van der Waals surface area contributed by atoms with E-state index >= 15 is 0 Å². The number of thioether (sulfide) groups is 1. The standard InChI is InChI=1S/C10H12ClN3S/c1-8(6-11)7-15-10-9-2-3-13-14(9)5-4-12-10/h2-5,8H,6-7H2,1H3. The van der Waals surface area contributed by atoms with Gasteiger partial charge in [-0.3, -0.25) is 0 Å². The smallest absolute Gasteiger partial charge is 0.122 e. The van der Waals surface area contributed by atoms with Gasteiger partial charge in [-0.15, -0.1) is 23.4 Å². The molecule has 80 valence electrons. The molecule has 2 aromatic heterocycles. The SMILES string of the molecule is CC(CCl)CSc1nccn2nccc12. The molecular weight excluding hydrogens is 230 g/mol. The van der Waals surface area contributed by atoms with Gasteiger partial charge in [-0.05, 0) is 12.0 Å². The summed E-state index contributed by atoms with van der Waals surface area (Å²) in [5.41, 5.74) is 1.06. The summed E-state index contributed by atoms with van der Waals surface area (Å²) in [4.78, 5) is 4.34. The topological polar surface area (TPSA) is 30.2 Å². The Morgan fingerprint density at radius 2 is 2.40 bits per heavy atom. The third kappa shape index (κ3) is 2.44. The van der Waals surface area contributed by atoms with Crippen LogP contribution in [-0.2, 0) is 0 Å². The van der Waals surface area contributed by atoms with Crippen LogP contribution in [-0.4, -0.2) is 26.2 Å². The summed E-state index contributed by atoms with van der Waals surface area (Å²) < 4.78 is 1.83. The Morgan fingerprint density at radius 3 is 3.20 bits per heavy atom. The van der Waals surface area contributed by atoms with Crippen LogP contribution in [0.4, 0.5) is 0 Å². The van der Waals surface area contributed by atoms with Gasteiger partial charge in [0.05, 0.1) is 11.7 Å². The summed E-state index contributed by atoms with van der Waals surface area (Å²) in [5.74, 6) is 2.18. The second-order valence-corrected chi connectivity index (χ2v) is 4.78. The average molecular weight is 242 g/mol. The van der Waals surface area contributed by atoms with Crippen molar-refractivity contribution in [2.75, 3.05) is 11.6 Å². The van der Waals surface area contributed by atoms with Crippen LogP contribution in [0.2, 0.25) is 0 Å². The molecular formula is C10H12ClN3S. The van der Waals surface area contributed by atoms with Gasteiger partial charge in [-0.2, -0.15) is 5.10 Å². The summed E-state index contributed by atoms with van der Waals surface area (Å²) in [6.07, 6.45) is 5.41. The first-order chi connectivity index (χ1) is 7.31. The van der Waals surface area contributed by atoms with E-state index in [1.54, 1.807) is 24.2 Å². The number of hydrogen-bond donors (Lipinski definition) is 0. The highest BCUT2D eigenvalue weighted by atomic mass is 35.5. The molecule has 0 spiro atoms. The Labute approximate surface area is 97.8 Å². The first-order valence-corrected chi connectivity index (χ1v) is 6.30. The second-order valence-electron chi connectivity index (χ2n) is 3.46. The third-order valence-corrected chi connectivity index (χ3v) is 3.91. The van der Waals surface area contributed by atoms with Gasteiger partial charge >= 0.3 is 0 Å². The second kappa shape index (κ2) is 4.86. The predicted molar refractivity (Wildman–Crippen MR) is 63.6 cm³/mol. The molecule has 0 saturated carbocycles. The lowest BCUT2D eigenvalue weighted by Crippen LogP contribution is -2.00. The van der Waals surface area contributed by atoms with E-state index in [2.05, 4.69) is 17.0 Å². The van der Waals surface area contributed by atoms with Crippen LogP contribution in [0.15, 0.2) is 29.7 Å². The normalized spacial score (nSPS) is 13.2. The van der Waals surface area contributed by atoms with Crippen LogP contribution in [0.3, 0.4) is 0 Å². The Kier molecular flexibility index (Phi) is 3.49. The number of aromatic nitrogens is 3. The molecule has 2 aromatic rings. The predicted octanol–water partition coefficient (Wildman–Crippen LogP) is 2.70. The fraction of sp³-hybridized carbons (Fsp3) is 0.400. The van der Waals surface area contributed by atoms with Gasteiger partial charge in [0.2, 0.25) is 0 Å². The van der Waals surface area contributed by atoms with E-state index in [9.17, 15) is 0 Å². The van der Waals surface area contributed by atoms with Crippen LogP contribution >= 0.6 is 23.4 Å². The fourth-order valence-electron chi connectivity index (χ4n) is 1.21. The van der Waals surface area contributed by atoms with Gasteiger partial charge in [0.1, 0.15) is 5.03 Å². The molecule has 5 heteroatoms. The molecule has 0 fully saturated rings. The van der Waals surface area contributed by atoms with E-state index in [1.165, 1.54) is 0 Å². The maximum atomic E-state index is 5.76. The van der Waals surface area contributed by atoms with Gasteiger partial charge in [-0.1, -0.05) is 6.92 Å². The zero-order valence-electron chi connectivity index (χ0n) is 8.43. The molecule has 15 heavy (non-hydrogen) atoms. The van der Waals surface area contributed by atoms with E-state index in [-0.39, 0.29) is 0 Å². The van der Waals surface area contributed by atoms with Crippen molar-refractivity contribution in [3.8, 4) is 0 Å². The molecule has 0 N–H and O–H groups in total. The molecule has 0 aliphatic rings. The van der Waals surface area contributed by atoms with E-state index in [1.807, 2.05) is 16.8 Å². The zero-order chi connectivity index (χ0) is 10.7. The molecule has 0 aliphatic heterocycles. The Hall–Kier alpha value is -0.740. The maximum Gasteiger partial charge on any atom is 0.122 e. The van der Waals surface area contributed by atoms with Crippen molar-refractivity contribution in [2.45, 2.75) is 11.9 Å². The molecule has 0 amide bonds. The van der Waals surface area contributed by atoms with Gasteiger partial charge < -0.3 is 0 Å². The fourth-order valence-corrected chi connectivity index (χ4v) is 2.45. The number of nitrogens with zero attached hydrogens (tertiary/aromatic N) is 3. The van der Waals surface area contributed by atoms with Gasteiger partial charge in [0.15, 0.2) is 0 Å². The zero-order valence-corrected chi connectivity index (χ0v) is 10.0. The summed E-state index contributed by atoms with van der Waals surface area (Å²) in [6.45, 7) is 2.14. The monoisotopic (exact) mass is 241 g/mol. The van der Waals surface area contributed by atoms with Gasteiger partial charge in [-0.25, -0.2) is 9.50 Å². The summed E-state index contributed by atoms with van der Waals surface area (Å²) >= 11 is 7.49. The lowest BCUT2D eigenvalue weighted by atomic mass is 10.3. The minimum atomic E-state index is 0.502. The molecule has 2 heterocycles. The average Bonchev–Trinajstić information content (AvgIpc) is 2.74. The first-order valence-electron chi connectivity index (χ1n) is 4.78. The first kappa shape index (κ1) is 10.8. The van der Waals surface area contributed by atoms with E-state index in [4.69, 9.17) is 11.6 Å². The molecule has 0 saturated heterocycles. The highest BCUT2D eigenvalue weighted by Gasteiger charge is 2.06. The number of rotatable bonds is 4. The number of hydrogen-bond acceptors (Lipinski definition) is 3. The van der Waals surface area contributed by atoms with Crippen molar-refractivity contribution in [2.24, 2.45) is 5.92 Å². The van der Waals surface area contributed by atoms with E-state index in [0.29, 0.717) is 11.8 Å². The van der Waals surface area contributed by atoms with Crippen molar-refractivity contribution < 1.29 is 0 Å². The molecule has 3 nitrogen and oxygen atoms in total. The molecule has 0 aromatic carbocycles. The molecule has 0 radical (unpaired) electrons. The molecule has 0 bridgehead atoms. The third-order valence-electron chi connectivity index (χ3n) is 2.06. The van der Waals surface area contributed by atoms with Crippen molar-refractivity contribution >= 4 is 28.9 Å². The van der Waals surface area contributed by atoms with Crippen LogP contribution in [0.25, 0.3) is 5.52 Å². The van der Waals surface area contributed by atoms with E-state index < -0.39 is 0 Å². The molecule has 0 aliphatic carbocycles. The lowest BCUT2D eigenvalue weighted by molar-refractivity contribution is 0.758. The Balaban J connectivity index is 2.17. The number of halogens is 1. The minimum Gasteiger partial charge on any atom is -0.246 e. The van der Waals surface area contributed by atoms with E-state index in [0.717, 1.165) is 16.3 Å². The maximum absolute atomic E-state index is 5.76. The molecule has 1 atom stereocenters. The van der Waals surface area contributed by atoms with Crippen molar-refractivity contribution in [1.82, 2.24) is 14.6 Å². The summed E-state index contributed by atoms with van der Waals surface area (Å²) in [6, 6.07) is 1.97. The number of fused-ring (bicyclic) bond motifs is 1. The lowest BCUT2D eigenvalue weighted by Gasteiger charge is -2.06. The number of alkyl halides is 1. The van der Waals surface area contributed by atoms with Crippen molar-refractivity contribution in [1.29, 1.82) is 0 Å². The Morgan fingerprint density at radius 1 is 1.53 bits per heavy atom. The van der Waals surface area contributed by atoms with Crippen LogP contribution in [0, 0.1) is 5.92 Å². The van der Waals surface area contributed by atoms with Gasteiger partial charge in [0.25, 0.3) is 0 Å². The minimum absolute atomic E-state index is 0.502. The van der Waals surface area contributed by atoms with Crippen LogP contribution in [0.5, 0.6) is 0 Å². The van der Waals surface area contributed by atoms with Crippen LogP contribution in [0.1, 0.15) is 6.92 Å². The summed E-state index contributed by atoms with van der Waals surface area (Å²) in [5, 5.41) is 5.18. The van der Waals surface area contributed by atoms with Gasteiger partial charge in [0, 0.05) is 24.0 Å². The van der Waals surface area contributed by atoms with Crippen molar-refractivity contribution in [3.05, 3.63) is 24.7 Å². The summed E-state index contributed by atoms with van der Waals surface area (Å²) in [7, 11) is 0.